The quantitative estimate of drug-likeness (QED) is 0.656. The van der Waals surface area contributed by atoms with E-state index in [0.29, 0.717) is 0 Å². The second-order valence-corrected chi connectivity index (χ2v) is 7.81. The van der Waals surface area contributed by atoms with Gasteiger partial charge in [-0.25, -0.2) is 14.8 Å². The summed E-state index contributed by atoms with van der Waals surface area (Å²) < 4.78 is 0. The van der Waals surface area contributed by atoms with Crippen molar-refractivity contribution in [3.63, 3.8) is 0 Å². The average Bonchev–Trinajstić information content (AvgIpc) is 2.94. The summed E-state index contributed by atoms with van der Waals surface area (Å²) in [4.78, 5) is 34.5. The van der Waals surface area contributed by atoms with Crippen LogP contribution in [0, 0.1) is 0 Å². The van der Waals surface area contributed by atoms with Crippen LogP contribution in [0.3, 0.4) is 0 Å². The van der Waals surface area contributed by atoms with Crippen LogP contribution in [0.5, 0.6) is 0 Å². The second-order valence-electron chi connectivity index (χ2n) is 5.40. The van der Waals surface area contributed by atoms with E-state index in [9.17, 15) is 9.59 Å². The molecule has 0 fully saturated rings. The van der Waals surface area contributed by atoms with Gasteiger partial charge in [-0.2, -0.15) is 0 Å². The van der Waals surface area contributed by atoms with Gasteiger partial charge in [0.2, 0.25) is 5.91 Å². The number of rotatable bonds is 3. The first-order valence-corrected chi connectivity index (χ1v) is 9.24. The number of hydrogen-bond donors (Lipinski definition) is 2. The highest BCUT2D eigenvalue weighted by Gasteiger charge is 2.23. The topological polar surface area (TPSA) is 84.0 Å². The predicted molar refractivity (Wildman–Crippen MR) is 92.0 cm³/mol. The fourth-order valence-electron chi connectivity index (χ4n) is 2.65. The summed E-state index contributed by atoms with van der Waals surface area (Å²) in [5, 5.41) is 6.19. The Morgan fingerprint density at radius 3 is 2.87 bits per heavy atom. The van der Waals surface area contributed by atoms with Crippen molar-refractivity contribution in [2.45, 2.75) is 42.9 Å². The number of thiophene rings is 1. The molecule has 0 saturated carbocycles. The number of hydrogen-bond acceptors (Lipinski definition) is 6. The molecular formula is C15H18N4O2S2. The van der Waals surface area contributed by atoms with Crippen molar-refractivity contribution in [2.24, 2.45) is 0 Å². The number of nitrogens with zero attached hydrogens (tertiary/aromatic N) is 2. The van der Waals surface area contributed by atoms with Gasteiger partial charge in [0.25, 0.3) is 0 Å². The summed E-state index contributed by atoms with van der Waals surface area (Å²) >= 11 is 3.11. The lowest BCUT2D eigenvalue weighted by atomic mass is 9.97. The molecule has 0 bridgehead atoms. The lowest BCUT2D eigenvalue weighted by Gasteiger charge is -2.13. The largest absolute Gasteiger partial charge is 0.341 e. The predicted octanol–water partition coefficient (Wildman–Crippen LogP) is 2.51. The number of aryl methyl sites for hydroxylation is 2. The molecular weight excluding hydrogens is 332 g/mol. The minimum absolute atomic E-state index is 0.329. The monoisotopic (exact) mass is 350 g/mol. The van der Waals surface area contributed by atoms with Gasteiger partial charge in [-0.1, -0.05) is 11.8 Å². The van der Waals surface area contributed by atoms with Crippen molar-refractivity contribution in [1.29, 1.82) is 0 Å². The molecule has 3 rings (SSSR count). The molecule has 122 valence electrons. The smallest absolute Gasteiger partial charge is 0.321 e. The number of thioether (sulfide) groups is 1. The Labute approximate surface area is 142 Å². The number of fused-ring (bicyclic) bond motifs is 3. The summed E-state index contributed by atoms with van der Waals surface area (Å²) in [5.74, 6) is -0.329. The molecule has 23 heavy (non-hydrogen) atoms. The maximum absolute atomic E-state index is 12.0. The van der Waals surface area contributed by atoms with Gasteiger partial charge in [-0.3, -0.25) is 10.1 Å². The van der Waals surface area contributed by atoms with Crippen molar-refractivity contribution in [1.82, 2.24) is 20.6 Å². The third-order valence-corrected chi connectivity index (χ3v) is 6.14. The van der Waals surface area contributed by atoms with E-state index in [2.05, 4.69) is 20.6 Å². The zero-order chi connectivity index (χ0) is 16.4. The van der Waals surface area contributed by atoms with Crippen LogP contribution in [0.2, 0.25) is 0 Å². The molecule has 3 amide bonds. The molecule has 0 aliphatic heterocycles. The number of aromatic nitrogens is 2. The highest BCUT2D eigenvalue weighted by Crippen LogP contribution is 2.40. The number of urea groups is 1. The van der Waals surface area contributed by atoms with Crippen molar-refractivity contribution in [3.8, 4) is 0 Å². The Hall–Kier alpha value is -1.67. The van der Waals surface area contributed by atoms with Crippen LogP contribution in [-0.4, -0.2) is 34.2 Å². The van der Waals surface area contributed by atoms with E-state index in [1.54, 1.807) is 24.6 Å². The number of imide groups is 1. The summed E-state index contributed by atoms with van der Waals surface area (Å²) in [5.41, 5.74) is 1.35. The normalized spacial score (nSPS) is 15.0. The molecule has 0 saturated heterocycles. The molecule has 1 atom stereocenters. The lowest BCUT2D eigenvalue weighted by Crippen LogP contribution is -2.41. The molecule has 0 radical (unpaired) electrons. The summed E-state index contributed by atoms with van der Waals surface area (Å²) in [6, 6.07) is -0.497. The van der Waals surface area contributed by atoms with Crippen LogP contribution in [-0.2, 0) is 17.6 Å². The fourth-order valence-corrected chi connectivity index (χ4v) is 4.89. The van der Waals surface area contributed by atoms with Crippen LogP contribution in [0.1, 0.15) is 30.2 Å². The zero-order valence-corrected chi connectivity index (χ0v) is 14.6. The van der Waals surface area contributed by atoms with Gasteiger partial charge in [-0.05, 0) is 38.2 Å². The van der Waals surface area contributed by atoms with E-state index < -0.39 is 11.3 Å². The van der Waals surface area contributed by atoms with Gasteiger partial charge in [0.1, 0.15) is 16.2 Å². The molecule has 0 spiro atoms. The fraction of sp³-hybridized carbons (Fsp3) is 0.467. The molecule has 8 heteroatoms. The molecule has 2 aromatic heterocycles. The summed E-state index contributed by atoms with van der Waals surface area (Å²) in [7, 11) is 1.48. The number of nitrogens with one attached hydrogen (secondary N) is 2. The zero-order valence-electron chi connectivity index (χ0n) is 13.0. The molecule has 2 N–H and O–H groups in total. The second kappa shape index (κ2) is 6.84. The third-order valence-electron chi connectivity index (χ3n) is 3.84. The molecule has 0 aromatic carbocycles. The molecule has 1 aliphatic carbocycles. The summed E-state index contributed by atoms with van der Waals surface area (Å²) in [6.45, 7) is 1.77. The van der Waals surface area contributed by atoms with Gasteiger partial charge in [0, 0.05) is 17.3 Å². The maximum Gasteiger partial charge on any atom is 0.321 e. The highest BCUT2D eigenvalue weighted by molar-refractivity contribution is 8.00. The number of carbonyl (C=O) groups is 2. The summed E-state index contributed by atoms with van der Waals surface area (Å²) in [6.07, 6.45) is 6.11. The molecule has 1 aliphatic rings. The van der Waals surface area contributed by atoms with Crippen LogP contribution in [0.4, 0.5) is 4.79 Å². The lowest BCUT2D eigenvalue weighted by molar-refractivity contribution is -0.119. The molecule has 2 aromatic rings. The van der Waals surface area contributed by atoms with E-state index in [1.165, 1.54) is 42.1 Å². The van der Waals surface area contributed by atoms with Gasteiger partial charge in [0.05, 0.1) is 5.25 Å². The standard InChI is InChI=1S/C15H18N4O2S2/c1-8(12(20)19-15(21)16-2)22-13-11-9-5-3-4-6-10(9)23-14(11)18-7-17-13/h7-8H,3-6H2,1-2H3,(H2,16,19,20,21)/t8-/m1/s1. The molecule has 0 unspecified atom stereocenters. The average molecular weight is 350 g/mol. The molecule has 6 nitrogen and oxygen atoms in total. The maximum atomic E-state index is 12.0. The van der Waals surface area contributed by atoms with Crippen LogP contribution >= 0.6 is 23.1 Å². The van der Waals surface area contributed by atoms with Crippen molar-refractivity contribution in [3.05, 3.63) is 16.8 Å². The van der Waals surface area contributed by atoms with Gasteiger partial charge < -0.3 is 5.32 Å². The minimum atomic E-state index is -0.497. The Kier molecular flexibility index (Phi) is 4.82. The van der Waals surface area contributed by atoms with Crippen molar-refractivity contribution >= 4 is 45.3 Å². The van der Waals surface area contributed by atoms with E-state index >= 15 is 0 Å². The Bertz CT molecular complexity index is 759. The Morgan fingerprint density at radius 2 is 2.09 bits per heavy atom. The van der Waals surface area contributed by atoms with E-state index in [4.69, 9.17) is 0 Å². The van der Waals surface area contributed by atoms with Crippen molar-refractivity contribution in [2.75, 3.05) is 7.05 Å². The first-order chi connectivity index (χ1) is 11.1. The third kappa shape index (κ3) is 3.32. The van der Waals surface area contributed by atoms with Crippen LogP contribution < -0.4 is 10.6 Å². The Balaban J connectivity index is 1.86. The van der Waals surface area contributed by atoms with Crippen molar-refractivity contribution < 1.29 is 9.59 Å². The van der Waals surface area contributed by atoms with Gasteiger partial charge >= 0.3 is 6.03 Å². The van der Waals surface area contributed by atoms with Crippen LogP contribution in [0.25, 0.3) is 10.2 Å². The Morgan fingerprint density at radius 1 is 1.30 bits per heavy atom. The van der Waals surface area contributed by atoms with Gasteiger partial charge in [-0.15, -0.1) is 11.3 Å². The van der Waals surface area contributed by atoms with E-state index in [1.807, 2.05) is 0 Å². The van der Waals surface area contributed by atoms with Gasteiger partial charge in [0.15, 0.2) is 0 Å². The number of amides is 3. The molecule has 2 heterocycles. The first-order valence-electron chi connectivity index (χ1n) is 7.54. The van der Waals surface area contributed by atoms with E-state index in [-0.39, 0.29) is 5.91 Å². The number of carbonyl (C=O) groups excluding carboxylic acids is 2. The highest BCUT2D eigenvalue weighted by atomic mass is 32.2. The minimum Gasteiger partial charge on any atom is -0.341 e. The first kappa shape index (κ1) is 16.2. The SMILES string of the molecule is CNC(=O)NC(=O)[C@@H](C)Sc1ncnc2sc3c(c12)CCCC3. The van der Waals surface area contributed by atoms with Crippen LogP contribution in [0.15, 0.2) is 11.4 Å². The van der Waals surface area contributed by atoms with E-state index in [0.717, 1.165) is 28.1 Å².